The number of amidine groups is 1. The van der Waals surface area contributed by atoms with Gasteiger partial charge in [0.15, 0.2) is 5.17 Å². The zero-order chi connectivity index (χ0) is 21.6. The third kappa shape index (κ3) is 5.13. The monoisotopic (exact) mass is 436 g/mol. The van der Waals surface area contributed by atoms with Crippen LogP contribution in [0.1, 0.15) is 12.7 Å². The lowest BCUT2D eigenvalue weighted by Crippen LogP contribution is -2.32. The van der Waals surface area contributed by atoms with Crippen LogP contribution in [-0.4, -0.2) is 35.7 Å². The van der Waals surface area contributed by atoms with Crippen LogP contribution < -0.4 is 0 Å². The number of amides is 1. The molecule has 2 aromatic carbocycles. The Morgan fingerprint density at radius 1 is 1.10 bits per heavy atom. The van der Waals surface area contributed by atoms with Crippen molar-refractivity contribution < 1.29 is 18.3 Å². The molecule has 3 aromatic rings. The SMILES string of the molecule is CCOCCN1C(=O)/C(=C/c2ccc(-c3ccc(F)cc3)o2)SC1=Nc1ccccc1. The molecule has 1 saturated heterocycles. The number of para-hydroxylation sites is 1. The van der Waals surface area contributed by atoms with Crippen molar-refractivity contribution in [3.05, 3.63) is 83.2 Å². The van der Waals surface area contributed by atoms with Crippen LogP contribution in [0.2, 0.25) is 0 Å². The zero-order valence-corrected chi connectivity index (χ0v) is 17.8. The third-order valence-corrected chi connectivity index (χ3v) is 5.57. The molecule has 0 unspecified atom stereocenters. The molecule has 1 aliphatic heterocycles. The zero-order valence-electron chi connectivity index (χ0n) is 17.0. The number of carbonyl (C=O) groups is 1. The van der Waals surface area contributed by atoms with E-state index in [0.29, 0.717) is 41.4 Å². The molecule has 4 rings (SSSR count). The van der Waals surface area contributed by atoms with Crippen molar-refractivity contribution in [3.63, 3.8) is 0 Å². The minimum atomic E-state index is -0.303. The second kappa shape index (κ2) is 9.76. The van der Waals surface area contributed by atoms with Crippen LogP contribution in [0.25, 0.3) is 17.4 Å². The maximum Gasteiger partial charge on any atom is 0.266 e. The molecule has 0 spiro atoms. The minimum absolute atomic E-state index is 0.140. The fourth-order valence-electron chi connectivity index (χ4n) is 3.03. The quantitative estimate of drug-likeness (QED) is 0.351. The lowest BCUT2D eigenvalue weighted by atomic mass is 10.2. The Morgan fingerprint density at radius 2 is 1.87 bits per heavy atom. The molecule has 0 bridgehead atoms. The molecule has 0 atom stereocenters. The molecule has 5 nitrogen and oxygen atoms in total. The van der Waals surface area contributed by atoms with Crippen LogP contribution in [0.15, 0.2) is 81.0 Å². The highest BCUT2D eigenvalue weighted by Gasteiger charge is 2.33. The van der Waals surface area contributed by atoms with E-state index in [2.05, 4.69) is 4.99 Å². The highest BCUT2D eigenvalue weighted by atomic mass is 32.2. The van der Waals surface area contributed by atoms with Crippen molar-refractivity contribution >= 4 is 34.6 Å². The summed E-state index contributed by atoms with van der Waals surface area (Å²) in [6.45, 7) is 3.35. The molecule has 0 saturated carbocycles. The predicted molar refractivity (Wildman–Crippen MR) is 121 cm³/mol. The van der Waals surface area contributed by atoms with Crippen LogP contribution in [0.3, 0.4) is 0 Å². The fourth-order valence-corrected chi connectivity index (χ4v) is 4.04. The minimum Gasteiger partial charge on any atom is -0.457 e. The first-order chi connectivity index (χ1) is 15.1. The number of hydrogen-bond acceptors (Lipinski definition) is 5. The molecule has 31 heavy (non-hydrogen) atoms. The van der Waals surface area contributed by atoms with Crippen molar-refractivity contribution in [2.24, 2.45) is 4.99 Å². The Morgan fingerprint density at radius 3 is 2.61 bits per heavy atom. The Bertz CT molecular complexity index is 1110. The Balaban J connectivity index is 1.59. The number of furan rings is 1. The Hall–Kier alpha value is -3.16. The smallest absolute Gasteiger partial charge is 0.266 e. The van der Waals surface area contributed by atoms with Gasteiger partial charge in [0, 0.05) is 18.2 Å². The third-order valence-electron chi connectivity index (χ3n) is 4.56. The van der Waals surface area contributed by atoms with Crippen molar-refractivity contribution in [2.75, 3.05) is 19.8 Å². The molecule has 1 aliphatic rings. The van der Waals surface area contributed by atoms with E-state index in [1.54, 1.807) is 35.2 Å². The molecule has 0 N–H and O–H groups in total. The lowest BCUT2D eigenvalue weighted by molar-refractivity contribution is -0.122. The first kappa shape index (κ1) is 21.1. The average Bonchev–Trinajstić information content (AvgIpc) is 3.36. The number of hydrogen-bond donors (Lipinski definition) is 0. The Labute approximate surface area is 184 Å². The molecule has 1 aromatic heterocycles. The standard InChI is InChI=1S/C24H21FN2O3S/c1-2-29-15-14-27-23(28)22(31-24(27)26-19-6-4-3-5-7-19)16-20-12-13-21(30-20)17-8-10-18(25)11-9-17/h3-13,16H,2,14-15H2,1H3/b22-16-,26-24?. The number of benzene rings is 2. The van der Waals surface area contributed by atoms with Crippen molar-refractivity contribution in [2.45, 2.75) is 6.92 Å². The van der Waals surface area contributed by atoms with E-state index in [-0.39, 0.29) is 11.7 Å². The second-order valence-corrected chi connectivity index (χ2v) is 7.71. The second-order valence-electron chi connectivity index (χ2n) is 6.70. The van der Waals surface area contributed by atoms with Crippen molar-refractivity contribution in [1.82, 2.24) is 4.90 Å². The van der Waals surface area contributed by atoms with Gasteiger partial charge in [-0.05, 0) is 67.2 Å². The van der Waals surface area contributed by atoms with E-state index in [1.165, 1.54) is 23.9 Å². The van der Waals surface area contributed by atoms with Gasteiger partial charge in [-0.2, -0.15) is 0 Å². The summed E-state index contributed by atoms with van der Waals surface area (Å²) in [6, 6.07) is 19.2. The summed E-state index contributed by atoms with van der Waals surface area (Å²) < 4.78 is 24.5. The first-order valence-corrected chi connectivity index (χ1v) is 10.7. The molecule has 158 valence electrons. The van der Waals surface area contributed by atoms with Gasteiger partial charge in [-0.1, -0.05) is 18.2 Å². The van der Waals surface area contributed by atoms with Crippen LogP contribution in [0, 0.1) is 5.82 Å². The summed E-state index contributed by atoms with van der Waals surface area (Å²) >= 11 is 1.30. The summed E-state index contributed by atoms with van der Waals surface area (Å²) in [5.41, 5.74) is 1.54. The van der Waals surface area contributed by atoms with Gasteiger partial charge in [0.1, 0.15) is 17.3 Å². The molecule has 1 fully saturated rings. The number of rotatable bonds is 7. The van der Waals surface area contributed by atoms with Gasteiger partial charge < -0.3 is 9.15 Å². The van der Waals surface area contributed by atoms with Gasteiger partial charge >= 0.3 is 0 Å². The van der Waals surface area contributed by atoms with Gasteiger partial charge in [0.25, 0.3) is 5.91 Å². The first-order valence-electron chi connectivity index (χ1n) is 9.92. The van der Waals surface area contributed by atoms with Crippen LogP contribution >= 0.6 is 11.8 Å². The molecule has 0 aliphatic carbocycles. The maximum atomic E-state index is 13.2. The van der Waals surface area contributed by atoms with Gasteiger partial charge in [-0.15, -0.1) is 0 Å². The largest absolute Gasteiger partial charge is 0.457 e. The van der Waals surface area contributed by atoms with Crippen LogP contribution in [0.5, 0.6) is 0 Å². The number of aliphatic imine (C=N–C) groups is 1. The summed E-state index contributed by atoms with van der Waals surface area (Å²) in [4.78, 5) is 19.8. The lowest BCUT2D eigenvalue weighted by Gasteiger charge is -2.15. The van der Waals surface area contributed by atoms with E-state index < -0.39 is 0 Å². The molecule has 1 amide bonds. The number of thioether (sulfide) groups is 1. The maximum absolute atomic E-state index is 13.2. The summed E-state index contributed by atoms with van der Waals surface area (Å²) in [6.07, 6.45) is 1.71. The van der Waals surface area contributed by atoms with Crippen molar-refractivity contribution in [3.8, 4) is 11.3 Å². The van der Waals surface area contributed by atoms with Gasteiger partial charge in [0.05, 0.1) is 23.7 Å². The number of halogens is 1. The predicted octanol–water partition coefficient (Wildman–Crippen LogP) is 5.73. The molecule has 2 heterocycles. The summed E-state index contributed by atoms with van der Waals surface area (Å²) in [5, 5.41) is 0.604. The van der Waals surface area contributed by atoms with E-state index in [1.807, 2.05) is 37.3 Å². The van der Waals surface area contributed by atoms with E-state index >= 15 is 0 Å². The van der Waals surface area contributed by atoms with E-state index in [4.69, 9.17) is 9.15 Å². The molecule has 0 radical (unpaired) electrons. The number of nitrogens with zero attached hydrogens (tertiary/aromatic N) is 2. The fraction of sp³-hybridized carbons (Fsp3) is 0.167. The van der Waals surface area contributed by atoms with E-state index in [0.717, 1.165) is 11.3 Å². The number of ether oxygens (including phenoxy) is 1. The average molecular weight is 437 g/mol. The van der Waals surface area contributed by atoms with Crippen LogP contribution in [-0.2, 0) is 9.53 Å². The van der Waals surface area contributed by atoms with Crippen molar-refractivity contribution in [1.29, 1.82) is 0 Å². The molecular weight excluding hydrogens is 415 g/mol. The topological polar surface area (TPSA) is 55.0 Å². The normalized spacial score (nSPS) is 16.6. The highest BCUT2D eigenvalue weighted by Crippen LogP contribution is 2.35. The van der Waals surface area contributed by atoms with Gasteiger partial charge in [-0.3, -0.25) is 9.69 Å². The van der Waals surface area contributed by atoms with Crippen LogP contribution in [0.4, 0.5) is 10.1 Å². The van der Waals surface area contributed by atoms with Gasteiger partial charge in [-0.25, -0.2) is 9.38 Å². The van der Waals surface area contributed by atoms with E-state index in [9.17, 15) is 9.18 Å². The highest BCUT2D eigenvalue weighted by molar-refractivity contribution is 8.18. The molecular formula is C24H21FN2O3S. The summed E-state index contributed by atoms with van der Waals surface area (Å²) in [5.74, 6) is 0.705. The van der Waals surface area contributed by atoms with Gasteiger partial charge in [0.2, 0.25) is 0 Å². The molecule has 7 heteroatoms. The number of carbonyl (C=O) groups excluding carboxylic acids is 1. The Kier molecular flexibility index (Phi) is 6.64. The summed E-state index contributed by atoms with van der Waals surface area (Å²) in [7, 11) is 0.